The number of piperidine rings is 1. The summed E-state index contributed by atoms with van der Waals surface area (Å²) in [6.45, 7) is 5.37. The third kappa shape index (κ3) is 3.79. The quantitative estimate of drug-likeness (QED) is 0.839. The molecular formula is C18H24N4O4. The van der Waals surface area contributed by atoms with Gasteiger partial charge in [0.2, 0.25) is 0 Å². The summed E-state index contributed by atoms with van der Waals surface area (Å²) in [6, 6.07) is 2.13. The predicted octanol–water partition coefficient (Wildman–Crippen LogP) is 2.68. The average Bonchev–Trinajstić information content (AvgIpc) is 3.11. The zero-order valence-electron chi connectivity index (χ0n) is 15.3. The van der Waals surface area contributed by atoms with E-state index in [1.807, 2.05) is 26.2 Å². The maximum Gasteiger partial charge on any atom is 0.316 e. The van der Waals surface area contributed by atoms with E-state index in [9.17, 15) is 9.90 Å². The number of anilines is 1. The number of hydrogen-bond acceptors (Lipinski definition) is 7. The second kappa shape index (κ2) is 7.72. The molecule has 0 saturated carbocycles. The number of aromatic nitrogens is 3. The first kappa shape index (κ1) is 18.2. The molecular weight excluding hydrogens is 336 g/mol. The van der Waals surface area contributed by atoms with E-state index in [0.29, 0.717) is 23.5 Å². The maximum absolute atomic E-state index is 11.5. The Morgan fingerprint density at radius 2 is 1.96 bits per heavy atom. The Kier molecular flexibility index (Phi) is 5.39. The fraction of sp³-hybridized carbons (Fsp3) is 0.556. The van der Waals surface area contributed by atoms with Gasteiger partial charge in [-0.15, -0.1) is 0 Å². The van der Waals surface area contributed by atoms with Crippen LogP contribution in [0.15, 0.2) is 23.0 Å². The van der Waals surface area contributed by atoms with Crippen molar-refractivity contribution < 1.29 is 19.2 Å². The van der Waals surface area contributed by atoms with Gasteiger partial charge in [-0.05, 0) is 30.2 Å². The fourth-order valence-corrected chi connectivity index (χ4v) is 3.39. The van der Waals surface area contributed by atoms with E-state index >= 15 is 0 Å². The van der Waals surface area contributed by atoms with E-state index in [-0.39, 0.29) is 5.92 Å². The largest absolute Gasteiger partial charge is 0.481 e. The average molecular weight is 360 g/mol. The zero-order valence-corrected chi connectivity index (χ0v) is 15.3. The van der Waals surface area contributed by atoms with Gasteiger partial charge in [0.05, 0.1) is 7.11 Å². The molecule has 1 N–H and O–H groups in total. The van der Waals surface area contributed by atoms with Crippen molar-refractivity contribution in [3.63, 3.8) is 0 Å². The van der Waals surface area contributed by atoms with Gasteiger partial charge in [-0.1, -0.05) is 19.0 Å². The highest BCUT2D eigenvalue weighted by molar-refractivity contribution is 5.75. The van der Waals surface area contributed by atoms with Crippen LogP contribution < -0.4 is 9.64 Å². The van der Waals surface area contributed by atoms with Crippen LogP contribution in [-0.2, 0) is 4.79 Å². The van der Waals surface area contributed by atoms with E-state index in [1.54, 1.807) is 13.2 Å². The summed E-state index contributed by atoms with van der Waals surface area (Å²) in [5.41, 5.74) is 1.11. The normalized spacial score (nSPS) is 16.7. The van der Waals surface area contributed by atoms with Crippen LogP contribution in [0.2, 0.25) is 0 Å². The molecule has 3 heterocycles. The monoisotopic (exact) mass is 360 g/mol. The molecule has 0 aromatic carbocycles. The SMILES string of the molecule is COc1ncc(C2CCN(c3cc(C(C(=O)O)C(C)C)on3)CC2)cn1. The topological polar surface area (TPSA) is 102 Å². The second-order valence-electron chi connectivity index (χ2n) is 6.91. The van der Waals surface area contributed by atoms with Crippen LogP contribution in [-0.4, -0.2) is 46.4 Å². The minimum absolute atomic E-state index is 0.0610. The number of carbonyl (C=O) groups is 1. The molecule has 1 saturated heterocycles. The standard InChI is InChI=1S/C18H24N4O4/c1-11(2)16(17(23)24)14-8-15(21-26-14)22-6-4-12(5-7-22)13-9-19-18(25-3)20-10-13/h8-12,16H,4-7H2,1-3H3,(H,23,24). The highest BCUT2D eigenvalue weighted by Crippen LogP contribution is 2.32. The molecule has 0 bridgehead atoms. The molecule has 8 nitrogen and oxygen atoms in total. The molecule has 1 unspecified atom stereocenters. The number of carboxylic acid groups (broad SMARTS) is 1. The summed E-state index contributed by atoms with van der Waals surface area (Å²) >= 11 is 0. The van der Waals surface area contributed by atoms with Crippen LogP contribution in [0.5, 0.6) is 6.01 Å². The van der Waals surface area contributed by atoms with Gasteiger partial charge in [0.15, 0.2) is 11.6 Å². The first-order valence-corrected chi connectivity index (χ1v) is 8.80. The first-order valence-electron chi connectivity index (χ1n) is 8.80. The van der Waals surface area contributed by atoms with E-state index in [0.717, 1.165) is 31.5 Å². The van der Waals surface area contributed by atoms with E-state index in [1.165, 1.54) is 0 Å². The van der Waals surface area contributed by atoms with Gasteiger partial charge in [-0.25, -0.2) is 9.97 Å². The Hall–Kier alpha value is -2.64. The lowest BCUT2D eigenvalue weighted by Crippen LogP contribution is -2.33. The van der Waals surface area contributed by atoms with Gasteiger partial charge >= 0.3 is 12.0 Å². The van der Waals surface area contributed by atoms with E-state index in [2.05, 4.69) is 20.0 Å². The summed E-state index contributed by atoms with van der Waals surface area (Å²) in [5.74, 6) is -0.115. The maximum atomic E-state index is 11.5. The lowest BCUT2D eigenvalue weighted by Gasteiger charge is -2.31. The van der Waals surface area contributed by atoms with Gasteiger partial charge < -0.3 is 19.3 Å². The number of nitrogens with zero attached hydrogens (tertiary/aromatic N) is 4. The molecule has 140 valence electrons. The molecule has 0 aliphatic carbocycles. The van der Waals surface area contributed by atoms with Gasteiger partial charge in [0, 0.05) is 31.5 Å². The third-order valence-corrected chi connectivity index (χ3v) is 4.88. The van der Waals surface area contributed by atoms with Crippen LogP contribution in [0, 0.1) is 5.92 Å². The minimum atomic E-state index is -0.888. The van der Waals surface area contributed by atoms with Crippen LogP contribution in [0.4, 0.5) is 5.82 Å². The van der Waals surface area contributed by atoms with Crippen molar-refractivity contribution in [1.82, 2.24) is 15.1 Å². The van der Waals surface area contributed by atoms with Crippen molar-refractivity contribution in [2.45, 2.75) is 38.5 Å². The molecule has 2 aromatic rings. The molecule has 1 aliphatic rings. The van der Waals surface area contributed by atoms with Gasteiger partial charge in [0.1, 0.15) is 5.92 Å². The molecule has 1 aliphatic heterocycles. The van der Waals surface area contributed by atoms with Crippen LogP contribution in [0.25, 0.3) is 0 Å². The van der Waals surface area contributed by atoms with Crippen LogP contribution >= 0.6 is 0 Å². The molecule has 8 heteroatoms. The van der Waals surface area contributed by atoms with E-state index < -0.39 is 11.9 Å². The van der Waals surface area contributed by atoms with Crippen molar-refractivity contribution in [1.29, 1.82) is 0 Å². The number of aliphatic carboxylic acids is 1. The molecule has 26 heavy (non-hydrogen) atoms. The molecule has 0 spiro atoms. The third-order valence-electron chi connectivity index (χ3n) is 4.88. The smallest absolute Gasteiger partial charge is 0.316 e. The van der Waals surface area contributed by atoms with Crippen molar-refractivity contribution in [3.05, 3.63) is 29.8 Å². The Balaban J connectivity index is 1.64. The molecule has 0 radical (unpaired) electrons. The summed E-state index contributed by atoms with van der Waals surface area (Å²) in [6.07, 6.45) is 5.54. The molecule has 2 aromatic heterocycles. The Morgan fingerprint density at radius 3 is 2.50 bits per heavy atom. The van der Waals surface area contributed by atoms with Crippen molar-refractivity contribution >= 4 is 11.8 Å². The van der Waals surface area contributed by atoms with Crippen molar-refractivity contribution in [2.24, 2.45) is 5.92 Å². The first-order chi connectivity index (χ1) is 12.5. The molecule has 3 rings (SSSR count). The van der Waals surface area contributed by atoms with E-state index in [4.69, 9.17) is 9.26 Å². The molecule has 1 fully saturated rings. The Labute approximate surface area is 152 Å². The lowest BCUT2D eigenvalue weighted by molar-refractivity contribution is -0.140. The highest BCUT2D eigenvalue weighted by Gasteiger charge is 2.30. The number of methoxy groups -OCH3 is 1. The van der Waals surface area contributed by atoms with Crippen LogP contribution in [0.3, 0.4) is 0 Å². The van der Waals surface area contributed by atoms with Gasteiger partial charge in [0.25, 0.3) is 0 Å². The summed E-state index contributed by atoms with van der Waals surface area (Å²) in [7, 11) is 1.55. The molecule has 1 atom stereocenters. The number of ether oxygens (including phenoxy) is 1. The van der Waals surface area contributed by atoms with Crippen molar-refractivity contribution in [2.75, 3.05) is 25.1 Å². The van der Waals surface area contributed by atoms with Gasteiger partial charge in [-0.3, -0.25) is 4.79 Å². The van der Waals surface area contributed by atoms with Crippen LogP contribution in [0.1, 0.15) is 49.8 Å². The minimum Gasteiger partial charge on any atom is -0.481 e. The summed E-state index contributed by atoms with van der Waals surface area (Å²) in [5, 5.41) is 13.5. The van der Waals surface area contributed by atoms with Crippen molar-refractivity contribution in [3.8, 4) is 6.01 Å². The summed E-state index contributed by atoms with van der Waals surface area (Å²) < 4.78 is 10.3. The lowest BCUT2D eigenvalue weighted by atomic mass is 9.91. The highest BCUT2D eigenvalue weighted by atomic mass is 16.5. The zero-order chi connectivity index (χ0) is 18.7. The number of rotatable bonds is 6. The predicted molar refractivity (Wildman–Crippen MR) is 94.5 cm³/mol. The summed E-state index contributed by atoms with van der Waals surface area (Å²) in [4.78, 5) is 21.9. The fourth-order valence-electron chi connectivity index (χ4n) is 3.39. The number of hydrogen-bond donors (Lipinski definition) is 1. The number of carboxylic acids is 1. The second-order valence-corrected chi connectivity index (χ2v) is 6.91. The Bertz CT molecular complexity index is 736. The molecule has 0 amide bonds. The van der Waals surface area contributed by atoms with Gasteiger partial charge in [-0.2, -0.15) is 0 Å². The Morgan fingerprint density at radius 1 is 1.31 bits per heavy atom.